The molecule has 2 heterocycles. The van der Waals surface area contributed by atoms with E-state index in [2.05, 4.69) is 0 Å². The van der Waals surface area contributed by atoms with Gasteiger partial charge in [0.15, 0.2) is 0 Å². The van der Waals surface area contributed by atoms with Crippen LogP contribution in [0.25, 0.3) is 0 Å². The molecule has 116 valence electrons. The summed E-state index contributed by atoms with van der Waals surface area (Å²) in [6.07, 6.45) is 3.39. The van der Waals surface area contributed by atoms with Crippen molar-refractivity contribution in [2.75, 3.05) is 13.2 Å². The zero-order valence-corrected chi connectivity index (χ0v) is 12.8. The Morgan fingerprint density at radius 3 is 2.73 bits per heavy atom. The fourth-order valence-corrected chi connectivity index (χ4v) is 2.88. The molecule has 0 spiro atoms. The first kappa shape index (κ1) is 14.9. The van der Waals surface area contributed by atoms with Crippen LogP contribution in [0.4, 0.5) is 0 Å². The van der Waals surface area contributed by atoms with Gasteiger partial charge in [-0.1, -0.05) is 17.7 Å². The number of amides is 1. The molecule has 1 amide bonds. The number of furan rings is 1. The Kier molecular flexibility index (Phi) is 4.59. The van der Waals surface area contributed by atoms with Crippen LogP contribution >= 0.6 is 0 Å². The van der Waals surface area contributed by atoms with Crippen molar-refractivity contribution in [3.8, 4) is 0 Å². The van der Waals surface area contributed by atoms with Gasteiger partial charge in [0.05, 0.1) is 12.8 Å². The van der Waals surface area contributed by atoms with Crippen LogP contribution in [0, 0.1) is 6.92 Å². The maximum Gasteiger partial charge on any atom is 0.254 e. The Bertz CT molecular complexity index is 615. The van der Waals surface area contributed by atoms with Crippen LogP contribution in [0.5, 0.6) is 0 Å². The molecule has 4 nitrogen and oxygen atoms in total. The lowest BCUT2D eigenvalue weighted by molar-refractivity contribution is 0.0250. The van der Waals surface area contributed by atoms with Gasteiger partial charge in [-0.2, -0.15) is 0 Å². The summed E-state index contributed by atoms with van der Waals surface area (Å²) in [5.74, 6) is 0.875. The number of carbonyl (C=O) groups is 1. The lowest BCUT2D eigenvalue weighted by atomic mass is 10.0. The third-order valence-electron chi connectivity index (χ3n) is 4.06. The van der Waals surface area contributed by atoms with Gasteiger partial charge in [0, 0.05) is 24.8 Å². The summed E-state index contributed by atoms with van der Waals surface area (Å²) in [6, 6.07) is 11.7. The van der Waals surface area contributed by atoms with Crippen molar-refractivity contribution in [3.05, 3.63) is 59.5 Å². The molecule has 4 heteroatoms. The summed E-state index contributed by atoms with van der Waals surface area (Å²) < 4.78 is 10.9. The average molecular weight is 299 g/mol. The number of rotatable bonds is 4. The lowest BCUT2D eigenvalue weighted by Crippen LogP contribution is -2.42. The van der Waals surface area contributed by atoms with E-state index in [0.29, 0.717) is 19.8 Å². The monoisotopic (exact) mass is 299 g/mol. The lowest BCUT2D eigenvalue weighted by Gasteiger charge is -2.34. The highest BCUT2D eigenvalue weighted by Crippen LogP contribution is 2.21. The van der Waals surface area contributed by atoms with Gasteiger partial charge in [0.25, 0.3) is 5.91 Å². The zero-order chi connectivity index (χ0) is 15.4. The van der Waals surface area contributed by atoms with Crippen LogP contribution in [-0.2, 0) is 11.3 Å². The maximum atomic E-state index is 13.0. The van der Waals surface area contributed by atoms with E-state index in [1.54, 1.807) is 6.26 Å². The first-order valence-electron chi connectivity index (χ1n) is 7.72. The number of hydrogen-bond donors (Lipinski definition) is 0. The smallest absolute Gasteiger partial charge is 0.254 e. The molecular weight excluding hydrogens is 278 g/mol. The van der Waals surface area contributed by atoms with Crippen LogP contribution in [0.1, 0.15) is 34.5 Å². The third-order valence-corrected chi connectivity index (χ3v) is 4.06. The van der Waals surface area contributed by atoms with E-state index < -0.39 is 0 Å². The van der Waals surface area contributed by atoms with Crippen LogP contribution in [0.15, 0.2) is 47.1 Å². The Labute approximate surface area is 130 Å². The van der Waals surface area contributed by atoms with Gasteiger partial charge in [-0.25, -0.2) is 0 Å². The number of carbonyl (C=O) groups excluding carboxylic acids is 1. The van der Waals surface area contributed by atoms with Gasteiger partial charge in [-0.05, 0) is 44.0 Å². The van der Waals surface area contributed by atoms with Crippen molar-refractivity contribution >= 4 is 5.91 Å². The standard InChI is InChI=1S/C18H21NO3/c1-14-4-2-5-15(12-14)18(20)19(13-17-6-3-9-22-17)16-7-10-21-11-8-16/h2-6,9,12,16H,7-8,10-11,13H2,1H3. The quantitative estimate of drug-likeness (QED) is 0.869. The molecule has 2 aromatic rings. The highest BCUT2D eigenvalue weighted by molar-refractivity contribution is 5.94. The van der Waals surface area contributed by atoms with Crippen molar-refractivity contribution in [3.63, 3.8) is 0 Å². The molecule has 0 aliphatic carbocycles. The molecule has 0 saturated carbocycles. The van der Waals surface area contributed by atoms with Gasteiger partial charge in [0.2, 0.25) is 0 Å². The Morgan fingerprint density at radius 2 is 2.05 bits per heavy atom. The van der Waals surface area contributed by atoms with Crippen molar-refractivity contribution in [1.82, 2.24) is 4.90 Å². The summed E-state index contributed by atoms with van der Waals surface area (Å²) in [5, 5.41) is 0. The van der Waals surface area contributed by atoms with Gasteiger partial charge in [-0.15, -0.1) is 0 Å². The van der Waals surface area contributed by atoms with Crippen molar-refractivity contribution in [2.24, 2.45) is 0 Å². The molecule has 1 fully saturated rings. The van der Waals surface area contributed by atoms with E-state index in [9.17, 15) is 4.79 Å². The third kappa shape index (κ3) is 3.39. The molecule has 0 radical (unpaired) electrons. The predicted molar refractivity (Wildman–Crippen MR) is 83.6 cm³/mol. The van der Waals surface area contributed by atoms with E-state index in [1.807, 2.05) is 48.2 Å². The number of aryl methyl sites for hydroxylation is 1. The van der Waals surface area contributed by atoms with E-state index in [4.69, 9.17) is 9.15 Å². The van der Waals surface area contributed by atoms with Gasteiger partial charge < -0.3 is 14.1 Å². The topological polar surface area (TPSA) is 42.7 Å². The fourth-order valence-electron chi connectivity index (χ4n) is 2.88. The van der Waals surface area contributed by atoms with Crippen molar-refractivity contribution < 1.29 is 13.9 Å². The molecule has 1 aliphatic rings. The minimum atomic E-state index is 0.0620. The molecule has 3 rings (SSSR count). The van der Waals surface area contributed by atoms with E-state index in [1.165, 1.54) is 0 Å². The molecule has 0 bridgehead atoms. The van der Waals surface area contributed by atoms with Crippen LogP contribution in [0.2, 0.25) is 0 Å². The second-order valence-electron chi connectivity index (χ2n) is 5.73. The predicted octanol–water partition coefficient (Wildman–Crippen LogP) is 3.41. The van der Waals surface area contributed by atoms with E-state index in [-0.39, 0.29) is 11.9 Å². The average Bonchev–Trinajstić information content (AvgIpc) is 3.06. The normalized spacial score (nSPS) is 15.7. The minimum absolute atomic E-state index is 0.0620. The second-order valence-corrected chi connectivity index (χ2v) is 5.73. The summed E-state index contributed by atoms with van der Waals surface area (Å²) in [6.45, 7) is 3.92. The molecule has 0 atom stereocenters. The Morgan fingerprint density at radius 1 is 1.23 bits per heavy atom. The SMILES string of the molecule is Cc1cccc(C(=O)N(Cc2ccco2)C2CCOCC2)c1. The summed E-state index contributed by atoms with van der Waals surface area (Å²) >= 11 is 0. The van der Waals surface area contributed by atoms with Gasteiger partial charge in [0.1, 0.15) is 5.76 Å². The minimum Gasteiger partial charge on any atom is -0.467 e. The van der Waals surface area contributed by atoms with Crippen molar-refractivity contribution in [2.45, 2.75) is 32.4 Å². The maximum absolute atomic E-state index is 13.0. The summed E-state index contributed by atoms with van der Waals surface area (Å²) in [7, 11) is 0. The van der Waals surface area contributed by atoms with Gasteiger partial charge in [-0.3, -0.25) is 4.79 Å². The van der Waals surface area contributed by atoms with E-state index in [0.717, 1.165) is 29.7 Å². The highest BCUT2D eigenvalue weighted by Gasteiger charge is 2.27. The highest BCUT2D eigenvalue weighted by atomic mass is 16.5. The van der Waals surface area contributed by atoms with E-state index >= 15 is 0 Å². The molecule has 0 N–H and O–H groups in total. The molecule has 1 aliphatic heterocycles. The number of benzene rings is 1. The Hall–Kier alpha value is -2.07. The number of nitrogens with zero attached hydrogens (tertiary/aromatic N) is 1. The van der Waals surface area contributed by atoms with Crippen LogP contribution < -0.4 is 0 Å². The largest absolute Gasteiger partial charge is 0.467 e. The second kappa shape index (κ2) is 6.79. The first-order chi connectivity index (χ1) is 10.7. The van der Waals surface area contributed by atoms with Crippen LogP contribution in [-0.4, -0.2) is 30.1 Å². The molecule has 1 saturated heterocycles. The summed E-state index contributed by atoms with van der Waals surface area (Å²) in [5.41, 5.74) is 1.83. The first-order valence-corrected chi connectivity index (χ1v) is 7.72. The fraction of sp³-hybridized carbons (Fsp3) is 0.389. The molecule has 0 unspecified atom stereocenters. The van der Waals surface area contributed by atoms with Gasteiger partial charge >= 0.3 is 0 Å². The van der Waals surface area contributed by atoms with Crippen molar-refractivity contribution in [1.29, 1.82) is 0 Å². The summed E-state index contributed by atoms with van der Waals surface area (Å²) in [4.78, 5) is 14.9. The molecule has 1 aromatic carbocycles. The zero-order valence-electron chi connectivity index (χ0n) is 12.8. The Balaban J connectivity index is 1.84. The number of ether oxygens (including phenoxy) is 1. The molecule has 22 heavy (non-hydrogen) atoms. The molecule has 1 aromatic heterocycles. The molecular formula is C18H21NO3. The number of hydrogen-bond acceptors (Lipinski definition) is 3. The van der Waals surface area contributed by atoms with Crippen LogP contribution in [0.3, 0.4) is 0 Å².